The highest BCUT2D eigenvalue weighted by molar-refractivity contribution is 8.00. The Hall–Kier alpha value is -7.97. The maximum absolute atomic E-state index is 7.15. The van der Waals surface area contributed by atoms with Crippen LogP contribution in [0.2, 0.25) is 0 Å². The van der Waals surface area contributed by atoms with Crippen molar-refractivity contribution in [2.45, 2.75) is 45.3 Å². The van der Waals surface area contributed by atoms with Crippen LogP contribution < -0.4 is 42.6 Å². The molecule has 0 radical (unpaired) electrons. The van der Waals surface area contributed by atoms with E-state index < -0.39 is 0 Å². The van der Waals surface area contributed by atoms with Crippen LogP contribution in [0.4, 0.5) is 22.7 Å². The van der Waals surface area contributed by atoms with Crippen molar-refractivity contribution in [2.24, 2.45) is 0 Å². The van der Waals surface area contributed by atoms with Crippen LogP contribution in [0, 0.1) is 0 Å². The lowest BCUT2D eigenvalue weighted by Crippen LogP contribution is -2.58. The maximum atomic E-state index is 7.15. The average molecular weight is 993 g/mol. The van der Waals surface area contributed by atoms with Crippen LogP contribution in [0.25, 0.3) is 76.9 Å². The molecule has 0 spiro atoms. The quantitative estimate of drug-likeness (QED) is 0.161. The molecular weight excluding hydrogens is 951 g/mol. The van der Waals surface area contributed by atoms with Gasteiger partial charge in [-0.3, -0.25) is 0 Å². The molecule has 0 saturated carbocycles. The summed E-state index contributed by atoms with van der Waals surface area (Å²) in [5.41, 5.74) is 26.0. The van der Waals surface area contributed by atoms with Gasteiger partial charge in [0.2, 0.25) is 13.4 Å². The van der Waals surface area contributed by atoms with Gasteiger partial charge in [-0.1, -0.05) is 156 Å². The minimum absolute atomic E-state index is 0.0605. The molecule has 0 atom stereocenters. The molecule has 6 aliphatic rings. The van der Waals surface area contributed by atoms with Crippen molar-refractivity contribution >= 4 is 158 Å². The van der Waals surface area contributed by atoms with E-state index in [2.05, 4.69) is 201 Å². The lowest BCUT2D eigenvalue weighted by atomic mass is 9.35. The Bertz CT molecular complexity index is 4500. The fourth-order valence-electron chi connectivity index (χ4n) is 15.0. The number of anilines is 4. The first-order chi connectivity index (χ1) is 37.2. The lowest BCUT2D eigenvalue weighted by molar-refractivity contribution is 0.667. The Labute approximate surface area is 441 Å². The number of rotatable bonds is 2. The first-order valence-corrected chi connectivity index (χ1v) is 28.3. The predicted molar refractivity (Wildman–Crippen MR) is 316 cm³/mol. The van der Waals surface area contributed by atoms with Gasteiger partial charge in [-0.25, -0.2) is 0 Å². The second-order valence-corrected chi connectivity index (χ2v) is 23.8. The molecule has 3 aromatic heterocycles. The SMILES string of the molecule is c1ccc2c(c1)CCCN2c1cc2c3c(c1)-n1c4ccccc4c4cccc(c41)B3c1cc3c(cc1S2)oc1cc2c(cc13)B1c3c(cc(N4CCCc5ccccc54)cc3-n3c4ccccc4c4cccc1c43)S2. The molecule has 19 rings (SSSR count). The van der Waals surface area contributed by atoms with Gasteiger partial charge >= 0.3 is 0 Å². The van der Waals surface area contributed by atoms with Crippen molar-refractivity contribution in [3.63, 3.8) is 0 Å². The summed E-state index contributed by atoms with van der Waals surface area (Å²) in [6.45, 7) is 2.12. The summed E-state index contributed by atoms with van der Waals surface area (Å²) in [4.78, 5) is 10.4. The summed E-state index contributed by atoms with van der Waals surface area (Å²) in [7, 11) is 0. The zero-order valence-corrected chi connectivity index (χ0v) is 42.4. The van der Waals surface area contributed by atoms with Gasteiger partial charge in [-0.15, -0.1) is 0 Å². The van der Waals surface area contributed by atoms with Crippen LogP contribution in [-0.4, -0.2) is 35.6 Å². The number of para-hydroxylation sites is 6. The van der Waals surface area contributed by atoms with E-state index in [1.807, 2.05) is 23.5 Å². The summed E-state index contributed by atoms with van der Waals surface area (Å²) in [6.07, 6.45) is 4.50. The fraction of sp³-hybridized carbons (Fsp3) is 0.0909. The molecule has 75 heavy (non-hydrogen) atoms. The zero-order chi connectivity index (χ0) is 48.4. The largest absolute Gasteiger partial charge is 0.456 e. The van der Waals surface area contributed by atoms with Gasteiger partial charge in [0.25, 0.3) is 0 Å². The highest BCUT2D eigenvalue weighted by atomic mass is 32.2. The smallest absolute Gasteiger partial charge is 0.249 e. The highest BCUT2D eigenvalue weighted by Crippen LogP contribution is 2.47. The number of hydrogen-bond acceptors (Lipinski definition) is 5. The number of hydrogen-bond donors (Lipinski definition) is 0. The molecule has 9 heteroatoms. The minimum Gasteiger partial charge on any atom is -0.456 e. The van der Waals surface area contributed by atoms with E-state index in [4.69, 9.17) is 4.42 Å². The number of aryl methyl sites for hydroxylation is 2. The van der Waals surface area contributed by atoms with Crippen LogP contribution >= 0.6 is 23.5 Å². The van der Waals surface area contributed by atoms with E-state index in [0.29, 0.717) is 0 Å². The van der Waals surface area contributed by atoms with Gasteiger partial charge in [0, 0.05) is 110 Å². The lowest BCUT2D eigenvalue weighted by Gasteiger charge is -2.36. The highest BCUT2D eigenvalue weighted by Gasteiger charge is 2.43. The van der Waals surface area contributed by atoms with Gasteiger partial charge in [-0.2, -0.15) is 0 Å². The Kier molecular flexibility index (Phi) is 7.79. The Morgan fingerprint density at radius 2 is 0.827 bits per heavy atom. The van der Waals surface area contributed by atoms with Crippen LogP contribution in [0.1, 0.15) is 24.0 Å². The molecule has 13 aromatic rings. The number of nitrogens with zero attached hydrogens (tertiary/aromatic N) is 4. The van der Waals surface area contributed by atoms with Crippen LogP contribution in [0.5, 0.6) is 0 Å². The molecule has 0 saturated heterocycles. The third-order valence-electron chi connectivity index (χ3n) is 18.0. The van der Waals surface area contributed by atoms with E-state index >= 15 is 0 Å². The Balaban J connectivity index is 0.837. The standard InChI is InChI=1S/C66H42B2N4OS2/c1-5-23-51-37(13-1)15-11-27-69(51)39-29-55-63-61(31-39)74-59-35-57-45(33-49(59)67(63)47-21-9-19-43-41-17-3-7-25-53(41)71(55)65(43)47)46-34-50-60(36-58(46)73-57)75-62-32-40(70-28-12-16-38-14-2-6-24-52(38)70)30-56-64(62)68(50)48-22-10-20-44-42-18-4-8-26-54(42)72(56)66(44)48/h1-10,13-14,17-26,29-36H,11-12,15-16,27-28H2. The molecule has 10 aromatic carbocycles. The van der Waals surface area contributed by atoms with E-state index in [-0.39, 0.29) is 13.4 Å². The molecule has 9 heterocycles. The first kappa shape index (κ1) is 40.4. The van der Waals surface area contributed by atoms with Gasteiger partial charge in [-0.05, 0) is 119 Å². The number of aromatic nitrogens is 2. The molecule has 0 bridgehead atoms. The summed E-state index contributed by atoms with van der Waals surface area (Å²) >= 11 is 3.85. The molecule has 350 valence electrons. The van der Waals surface area contributed by atoms with Crippen LogP contribution in [-0.2, 0) is 12.8 Å². The van der Waals surface area contributed by atoms with Crippen molar-refractivity contribution in [3.8, 4) is 11.4 Å². The van der Waals surface area contributed by atoms with E-state index in [9.17, 15) is 0 Å². The van der Waals surface area contributed by atoms with Crippen LogP contribution in [0.3, 0.4) is 0 Å². The monoisotopic (exact) mass is 992 g/mol. The molecular formula is C66H42B2N4OS2. The third-order valence-corrected chi connectivity index (χ3v) is 20.2. The Morgan fingerprint density at radius 1 is 0.373 bits per heavy atom. The molecule has 0 amide bonds. The summed E-state index contributed by atoms with van der Waals surface area (Å²) in [6, 6.07) is 70.0. The van der Waals surface area contributed by atoms with Gasteiger partial charge in [0.05, 0.1) is 11.0 Å². The molecule has 5 nitrogen and oxygen atoms in total. The normalized spacial score (nSPS) is 15.5. The average Bonchev–Trinajstić information content (AvgIpc) is 4.11. The summed E-state index contributed by atoms with van der Waals surface area (Å²) in [5.74, 6) is 0. The van der Waals surface area contributed by atoms with E-state index in [0.717, 1.165) is 49.9 Å². The van der Waals surface area contributed by atoms with Gasteiger partial charge in [0.15, 0.2) is 0 Å². The van der Waals surface area contributed by atoms with Crippen molar-refractivity contribution < 1.29 is 4.42 Å². The molecule has 6 aliphatic heterocycles. The van der Waals surface area contributed by atoms with Gasteiger partial charge < -0.3 is 23.4 Å². The van der Waals surface area contributed by atoms with Crippen molar-refractivity contribution in [2.75, 3.05) is 22.9 Å². The molecule has 0 unspecified atom stereocenters. The summed E-state index contributed by atoms with van der Waals surface area (Å²) < 4.78 is 12.3. The zero-order valence-electron chi connectivity index (χ0n) is 40.7. The molecule has 0 aliphatic carbocycles. The number of furan rings is 1. The number of fused-ring (bicyclic) bond motifs is 19. The Morgan fingerprint density at radius 3 is 1.33 bits per heavy atom. The van der Waals surface area contributed by atoms with E-state index in [1.165, 1.54) is 152 Å². The summed E-state index contributed by atoms with van der Waals surface area (Å²) in [5, 5.41) is 7.62. The third kappa shape index (κ3) is 5.21. The van der Waals surface area contributed by atoms with Crippen LogP contribution in [0.15, 0.2) is 206 Å². The van der Waals surface area contributed by atoms with Crippen molar-refractivity contribution in [1.82, 2.24) is 9.13 Å². The van der Waals surface area contributed by atoms with E-state index in [1.54, 1.807) is 0 Å². The van der Waals surface area contributed by atoms with Crippen molar-refractivity contribution in [3.05, 3.63) is 193 Å². The molecule has 0 N–H and O–H groups in total. The second-order valence-electron chi connectivity index (χ2n) is 21.7. The maximum Gasteiger partial charge on any atom is 0.249 e. The fourth-order valence-corrected chi connectivity index (χ4v) is 17.4. The minimum atomic E-state index is 0.0605. The first-order valence-electron chi connectivity index (χ1n) is 26.7. The second kappa shape index (κ2) is 14.4. The van der Waals surface area contributed by atoms with Crippen molar-refractivity contribution in [1.29, 1.82) is 0 Å². The topological polar surface area (TPSA) is 29.5 Å². The molecule has 0 fully saturated rings. The van der Waals surface area contributed by atoms with Gasteiger partial charge in [0.1, 0.15) is 11.2 Å². The number of benzene rings is 10. The predicted octanol–water partition coefficient (Wildman–Crippen LogP) is 12.5.